The Labute approximate surface area is 329 Å². The summed E-state index contributed by atoms with van der Waals surface area (Å²) in [6.07, 6.45) is 19.0. The van der Waals surface area contributed by atoms with Crippen molar-refractivity contribution < 1.29 is 57.2 Å². The van der Waals surface area contributed by atoms with E-state index in [0.29, 0.717) is 32.2 Å². The Morgan fingerprint density at radius 1 is 0.545 bits per heavy atom. The van der Waals surface area contributed by atoms with Crippen LogP contribution in [-0.2, 0) is 57.2 Å². The Bertz CT molecular complexity index is 1050. The lowest BCUT2D eigenvalue weighted by Gasteiger charge is -2.24. The molecule has 0 aromatic heterocycles. The van der Waals surface area contributed by atoms with E-state index in [2.05, 4.69) is 11.8 Å². The Morgan fingerprint density at radius 2 is 0.964 bits per heavy atom. The summed E-state index contributed by atoms with van der Waals surface area (Å²) in [5.74, 6) is -2.46. The van der Waals surface area contributed by atoms with Gasteiger partial charge in [-0.1, -0.05) is 71.1 Å². The molecule has 0 spiro atoms. The lowest BCUT2D eigenvalue weighted by molar-refractivity contribution is -0.159. The molecule has 1 atom stereocenters. The fourth-order valence-corrected chi connectivity index (χ4v) is 7.06. The molecule has 0 heterocycles. The van der Waals surface area contributed by atoms with Crippen LogP contribution in [0.5, 0.6) is 0 Å². The van der Waals surface area contributed by atoms with E-state index < -0.39 is 17.8 Å². The van der Waals surface area contributed by atoms with Crippen molar-refractivity contribution in [2.45, 2.75) is 149 Å². The van der Waals surface area contributed by atoms with Gasteiger partial charge in [0.25, 0.3) is 6.47 Å². The number of hydrogen-bond donors (Lipinski definition) is 0. The smallest absolute Gasteiger partial charge is 0.308 e. The van der Waals surface area contributed by atoms with Crippen LogP contribution in [0.3, 0.4) is 0 Å². The molecule has 0 N–H and O–H groups in total. The van der Waals surface area contributed by atoms with Crippen LogP contribution in [0, 0.1) is 23.7 Å². The Balaban J connectivity index is 1.68. The van der Waals surface area contributed by atoms with Crippen LogP contribution in [0.2, 0.25) is 0 Å². The van der Waals surface area contributed by atoms with Gasteiger partial charge < -0.3 is 33.3 Å². The summed E-state index contributed by atoms with van der Waals surface area (Å²) in [5, 5.41) is 0. The summed E-state index contributed by atoms with van der Waals surface area (Å²) in [5.41, 5.74) is 0. The first-order chi connectivity index (χ1) is 26.7. The first-order valence-corrected chi connectivity index (χ1v) is 21.3. The van der Waals surface area contributed by atoms with Crippen molar-refractivity contribution in [2.24, 2.45) is 23.7 Å². The number of carbonyl (C=O) groups is 6. The molecule has 0 saturated heterocycles. The molecule has 13 nitrogen and oxygen atoms in total. The van der Waals surface area contributed by atoms with Crippen LogP contribution in [0.15, 0.2) is 0 Å². The van der Waals surface area contributed by atoms with Crippen molar-refractivity contribution in [3.05, 3.63) is 0 Å². The van der Waals surface area contributed by atoms with Crippen LogP contribution >= 0.6 is 0 Å². The molecule has 0 aromatic carbocycles. The average Bonchev–Trinajstić information content (AvgIpc) is 3.20. The molecular formula is C42H71NO12. The second-order valence-corrected chi connectivity index (χ2v) is 15.4. The zero-order valence-electron chi connectivity index (χ0n) is 33.9. The van der Waals surface area contributed by atoms with Crippen LogP contribution in [0.25, 0.3) is 0 Å². The number of rotatable bonds is 31. The largest absolute Gasteiger partial charge is 0.467 e. The van der Waals surface area contributed by atoms with Crippen molar-refractivity contribution >= 4 is 36.3 Å². The molecule has 0 amide bonds. The van der Waals surface area contributed by atoms with Crippen molar-refractivity contribution in [3.63, 3.8) is 0 Å². The first kappa shape index (κ1) is 47.9. The standard InChI is InChI=1S/C42H71NO12/c1-3-4-15-24-43(25-16-7-13-22-39(46)52-29-35(27-50-33-44)28-51-34(2)45)26-17-8-14-23-40(47)53-30-36(31-54-41(48)37-18-9-5-10-19-37)32-55-42(49)38-20-11-6-12-21-38/h33,35-38H,3-32H2,1-2H3. The predicted octanol–water partition coefficient (Wildman–Crippen LogP) is 6.90. The number of unbranched alkanes of at least 4 members (excludes halogenated alkanes) is 6. The average molecular weight is 782 g/mol. The van der Waals surface area contributed by atoms with Crippen LogP contribution < -0.4 is 0 Å². The number of carbonyl (C=O) groups excluding carboxylic acids is 6. The number of nitrogens with zero attached hydrogens (tertiary/aromatic N) is 1. The second kappa shape index (κ2) is 30.9. The summed E-state index contributed by atoms with van der Waals surface area (Å²) in [6, 6.07) is 0. The zero-order valence-corrected chi connectivity index (χ0v) is 33.9. The highest BCUT2D eigenvalue weighted by molar-refractivity contribution is 5.73. The van der Waals surface area contributed by atoms with E-state index in [4.69, 9.17) is 28.4 Å². The highest BCUT2D eigenvalue weighted by atomic mass is 16.6. The van der Waals surface area contributed by atoms with Gasteiger partial charge in [-0.3, -0.25) is 28.8 Å². The zero-order chi connectivity index (χ0) is 39.9. The molecule has 55 heavy (non-hydrogen) atoms. The maximum atomic E-state index is 12.7. The van der Waals surface area contributed by atoms with Crippen LogP contribution in [0.4, 0.5) is 0 Å². The molecule has 0 aromatic rings. The molecule has 1 unspecified atom stereocenters. The molecule has 2 aliphatic rings. The minimum atomic E-state index is -0.454. The van der Waals surface area contributed by atoms with Crippen molar-refractivity contribution in [2.75, 3.05) is 59.3 Å². The van der Waals surface area contributed by atoms with E-state index in [-0.39, 0.29) is 75.4 Å². The van der Waals surface area contributed by atoms with Crippen LogP contribution in [0.1, 0.15) is 149 Å². The van der Waals surface area contributed by atoms with Gasteiger partial charge >= 0.3 is 29.8 Å². The topological polar surface area (TPSA) is 161 Å². The van der Waals surface area contributed by atoms with Crippen molar-refractivity contribution in [3.8, 4) is 0 Å². The molecule has 0 bridgehead atoms. The highest BCUT2D eigenvalue weighted by Gasteiger charge is 2.27. The van der Waals surface area contributed by atoms with Crippen molar-refractivity contribution in [1.29, 1.82) is 0 Å². The van der Waals surface area contributed by atoms with Gasteiger partial charge in [0.05, 0.1) is 23.7 Å². The number of esters is 5. The quantitative estimate of drug-likeness (QED) is 0.0309. The molecule has 316 valence electrons. The third-order valence-corrected chi connectivity index (χ3v) is 10.5. The minimum Gasteiger partial charge on any atom is -0.467 e. The third-order valence-electron chi connectivity index (χ3n) is 10.5. The van der Waals surface area contributed by atoms with Crippen molar-refractivity contribution in [1.82, 2.24) is 4.90 Å². The molecule has 13 heteroatoms. The molecule has 2 rings (SSSR count). The Kier molecular flexibility index (Phi) is 27.0. The van der Waals surface area contributed by atoms with E-state index in [1.165, 1.54) is 13.3 Å². The Hall–Kier alpha value is -3.22. The van der Waals surface area contributed by atoms with Gasteiger partial charge in [0.2, 0.25) is 0 Å². The van der Waals surface area contributed by atoms with Gasteiger partial charge in [0.15, 0.2) is 0 Å². The lowest BCUT2D eigenvalue weighted by Crippen LogP contribution is -2.30. The molecular weight excluding hydrogens is 710 g/mol. The molecule has 2 aliphatic carbocycles. The molecule has 0 aliphatic heterocycles. The van der Waals surface area contributed by atoms with E-state index in [9.17, 15) is 28.8 Å². The van der Waals surface area contributed by atoms with Gasteiger partial charge in [0.1, 0.15) is 39.6 Å². The summed E-state index contributed by atoms with van der Waals surface area (Å²) in [4.78, 5) is 74.4. The summed E-state index contributed by atoms with van der Waals surface area (Å²) in [6.45, 7) is 6.88. The van der Waals surface area contributed by atoms with E-state index in [1.54, 1.807) is 0 Å². The highest BCUT2D eigenvalue weighted by Crippen LogP contribution is 2.26. The molecule has 2 fully saturated rings. The third kappa shape index (κ3) is 24.1. The first-order valence-electron chi connectivity index (χ1n) is 21.3. The van der Waals surface area contributed by atoms with E-state index >= 15 is 0 Å². The number of ether oxygens (including phenoxy) is 6. The fourth-order valence-electron chi connectivity index (χ4n) is 7.06. The van der Waals surface area contributed by atoms with Crippen LogP contribution in [-0.4, -0.2) is 100 Å². The van der Waals surface area contributed by atoms with Gasteiger partial charge in [-0.15, -0.1) is 0 Å². The number of hydrogen-bond acceptors (Lipinski definition) is 13. The molecule has 0 radical (unpaired) electrons. The van der Waals surface area contributed by atoms with Gasteiger partial charge in [0, 0.05) is 19.8 Å². The Morgan fingerprint density at radius 3 is 1.40 bits per heavy atom. The lowest BCUT2D eigenvalue weighted by atomic mass is 9.89. The SMILES string of the molecule is CCCCCN(CCCCCC(=O)OCC(COC=O)COC(C)=O)CCCCCC(=O)OCC(COC(=O)C1CCCCC1)COC(=O)C1CCCCC1. The maximum Gasteiger partial charge on any atom is 0.308 e. The normalized spacial score (nSPS) is 15.6. The van der Waals surface area contributed by atoms with Gasteiger partial charge in [-0.05, 0) is 77.4 Å². The summed E-state index contributed by atoms with van der Waals surface area (Å²) < 4.78 is 31.9. The van der Waals surface area contributed by atoms with E-state index in [0.717, 1.165) is 122 Å². The summed E-state index contributed by atoms with van der Waals surface area (Å²) in [7, 11) is 0. The van der Waals surface area contributed by atoms with E-state index in [1.807, 2.05) is 0 Å². The molecule has 2 saturated carbocycles. The minimum absolute atomic E-state index is 0.00278. The monoisotopic (exact) mass is 781 g/mol. The van der Waals surface area contributed by atoms with Gasteiger partial charge in [-0.25, -0.2) is 0 Å². The fraction of sp³-hybridized carbons (Fsp3) is 0.857. The second-order valence-electron chi connectivity index (χ2n) is 15.4. The predicted molar refractivity (Wildman–Crippen MR) is 206 cm³/mol. The van der Waals surface area contributed by atoms with Gasteiger partial charge in [-0.2, -0.15) is 0 Å². The maximum absolute atomic E-state index is 12.7. The summed E-state index contributed by atoms with van der Waals surface area (Å²) >= 11 is 0.